The molecule has 0 saturated heterocycles. The van der Waals surface area contributed by atoms with Crippen molar-refractivity contribution in [2.24, 2.45) is 0 Å². The lowest BCUT2D eigenvalue weighted by Crippen LogP contribution is -2.19. The molecule has 33 heavy (non-hydrogen) atoms. The molecular weight excluding hydrogens is 436 g/mol. The van der Waals surface area contributed by atoms with Gasteiger partial charge in [-0.3, -0.25) is 0 Å². The summed E-state index contributed by atoms with van der Waals surface area (Å²) in [4.78, 5) is 21.2. The summed E-state index contributed by atoms with van der Waals surface area (Å²) in [7, 11) is 0. The third kappa shape index (κ3) is 6.44. The van der Waals surface area contributed by atoms with Crippen molar-refractivity contribution in [3.05, 3.63) is 95.1 Å². The second-order valence-corrected chi connectivity index (χ2v) is 7.94. The molecule has 1 aromatic heterocycles. The molecule has 0 aliphatic carbocycles. The van der Waals surface area contributed by atoms with Gasteiger partial charge in [-0.25, -0.2) is 9.78 Å². The van der Waals surface area contributed by atoms with Crippen LogP contribution in [0, 0.1) is 13.8 Å². The lowest BCUT2D eigenvalue weighted by Gasteiger charge is -2.11. The average molecular weight is 459 g/mol. The maximum Gasteiger partial charge on any atom is 0.323 e. The Labute approximate surface area is 197 Å². The predicted molar refractivity (Wildman–Crippen MR) is 135 cm³/mol. The summed E-state index contributed by atoms with van der Waals surface area (Å²) >= 11 is 5.95. The normalized spacial score (nSPS) is 10.4. The van der Waals surface area contributed by atoms with E-state index in [0.29, 0.717) is 28.2 Å². The van der Waals surface area contributed by atoms with Gasteiger partial charge in [0.05, 0.1) is 0 Å². The van der Waals surface area contributed by atoms with Crippen LogP contribution in [0.2, 0.25) is 5.02 Å². The number of anilines is 6. The SMILES string of the molecule is Cc1ccc(Nc2cc(C)nc(Nc3ccc(NC(=O)Nc4cccc(Cl)c4)cc3)n2)cc1. The standard InChI is InChI=1S/C25H23ClN6O/c1-16-6-8-19(9-7-16)28-23-14-17(2)27-24(32-23)29-20-10-12-21(13-11-20)30-25(33)31-22-5-3-4-18(26)15-22/h3-15H,1-2H3,(H2,30,31,33)(H2,27,28,29,32). The molecule has 0 spiro atoms. The number of benzene rings is 3. The van der Waals surface area contributed by atoms with Crippen LogP contribution in [0.4, 0.5) is 39.3 Å². The minimum Gasteiger partial charge on any atom is -0.340 e. The van der Waals surface area contributed by atoms with Crippen molar-refractivity contribution >= 4 is 52.1 Å². The molecule has 1 heterocycles. The molecule has 0 bridgehead atoms. The van der Waals surface area contributed by atoms with E-state index in [2.05, 4.69) is 31.2 Å². The van der Waals surface area contributed by atoms with Gasteiger partial charge in [0.15, 0.2) is 0 Å². The zero-order chi connectivity index (χ0) is 23.2. The van der Waals surface area contributed by atoms with Crippen LogP contribution in [0.25, 0.3) is 0 Å². The number of aryl methyl sites for hydroxylation is 2. The van der Waals surface area contributed by atoms with Crippen LogP contribution in [0.3, 0.4) is 0 Å². The summed E-state index contributed by atoms with van der Waals surface area (Å²) in [5, 5.41) is 12.6. The summed E-state index contributed by atoms with van der Waals surface area (Å²) < 4.78 is 0. The summed E-state index contributed by atoms with van der Waals surface area (Å²) in [5.74, 6) is 1.17. The fourth-order valence-electron chi connectivity index (χ4n) is 3.10. The van der Waals surface area contributed by atoms with Gasteiger partial charge in [-0.1, -0.05) is 35.4 Å². The highest BCUT2D eigenvalue weighted by atomic mass is 35.5. The molecule has 8 heteroatoms. The maximum absolute atomic E-state index is 12.2. The van der Waals surface area contributed by atoms with Crippen LogP contribution in [-0.4, -0.2) is 16.0 Å². The van der Waals surface area contributed by atoms with Gasteiger partial charge in [-0.15, -0.1) is 0 Å². The molecule has 4 aromatic rings. The number of carbonyl (C=O) groups excluding carboxylic acids is 1. The lowest BCUT2D eigenvalue weighted by atomic mass is 10.2. The van der Waals surface area contributed by atoms with Gasteiger partial charge < -0.3 is 21.3 Å². The number of nitrogens with zero attached hydrogens (tertiary/aromatic N) is 2. The Bertz CT molecular complexity index is 1260. The Hall–Kier alpha value is -4.10. The molecule has 0 aliphatic heterocycles. The van der Waals surface area contributed by atoms with Gasteiger partial charge in [0.25, 0.3) is 0 Å². The number of nitrogens with one attached hydrogen (secondary N) is 4. The second kappa shape index (κ2) is 10.0. The van der Waals surface area contributed by atoms with E-state index in [1.54, 1.807) is 36.4 Å². The average Bonchev–Trinajstić information content (AvgIpc) is 2.76. The van der Waals surface area contributed by atoms with E-state index >= 15 is 0 Å². The van der Waals surface area contributed by atoms with Crippen molar-refractivity contribution in [2.45, 2.75) is 13.8 Å². The summed E-state index contributed by atoms with van der Waals surface area (Å²) in [6.07, 6.45) is 0. The molecular formula is C25H23ClN6O. The van der Waals surface area contributed by atoms with Crippen LogP contribution in [0.1, 0.15) is 11.3 Å². The number of hydrogen-bond donors (Lipinski definition) is 4. The van der Waals surface area contributed by atoms with Crippen LogP contribution in [0.15, 0.2) is 78.9 Å². The Morgan fingerprint density at radius 2 is 1.36 bits per heavy atom. The van der Waals surface area contributed by atoms with E-state index in [1.807, 2.05) is 56.3 Å². The van der Waals surface area contributed by atoms with E-state index in [1.165, 1.54) is 5.56 Å². The predicted octanol–water partition coefficient (Wildman–Crippen LogP) is 6.88. The molecule has 0 saturated carbocycles. The molecule has 166 valence electrons. The third-order valence-corrected chi connectivity index (χ3v) is 4.89. The number of rotatable bonds is 6. The molecule has 0 atom stereocenters. The highest BCUT2D eigenvalue weighted by Crippen LogP contribution is 2.21. The van der Waals surface area contributed by atoms with E-state index in [9.17, 15) is 4.79 Å². The first-order valence-corrected chi connectivity index (χ1v) is 10.7. The van der Waals surface area contributed by atoms with Crippen molar-refractivity contribution in [1.82, 2.24) is 9.97 Å². The Kier molecular flexibility index (Phi) is 6.71. The minimum atomic E-state index is -0.355. The van der Waals surface area contributed by atoms with E-state index in [0.717, 1.165) is 17.1 Å². The Balaban J connectivity index is 1.38. The first-order valence-electron chi connectivity index (χ1n) is 10.3. The molecule has 7 nitrogen and oxygen atoms in total. The van der Waals surface area contributed by atoms with Crippen LogP contribution < -0.4 is 21.3 Å². The molecule has 2 amide bonds. The first kappa shape index (κ1) is 22.1. The fourth-order valence-corrected chi connectivity index (χ4v) is 3.29. The van der Waals surface area contributed by atoms with Gasteiger partial charge in [0.2, 0.25) is 5.95 Å². The zero-order valence-corrected chi connectivity index (χ0v) is 18.9. The van der Waals surface area contributed by atoms with Gasteiger partial charge in [0, 0.05) is 39.5 Å². The largest absolute Gasteiger partial charge is 0.340 e. The van der Waals surface area contributed by atoms with Gasteiger partial charge in [0.1, 0.15) is 5.82 Å². The number of hydrogen-bond acceptors (Lipinski definition) is 5. The minimum absolute atomic E-state index is 0.355. The Morgan fingerprint density at radius 3 is 2.09 bits per heavy atom. The smallest absolute Gasteiger partial charge is 0.323 e. The lowest BCUT2D eigenvalue weighted by molar-refractivity contribution is 0.262. The summed E-state index contributed by atoms with van der Waals surface area (Å²) in [6, 6.07) is 23.9. The molecule has 3 aromatic carbocycles. The van der Waals surface area contributed by atoms with E-state index in [4.69, 9.17) is 11.6 Å². The molecule has 4 rings (SSSR count). The topological polar surface area (TPSA) is 91.0 Å². The van der Waals surface area contributed by atoms with Crippen LogP contribution in [0.5, 0.6) is 0 Å². The first-order chi connectivity index (χ1) is 15.9. The summed E-state index contributed by atoms with van der Waals surface area (Å²) in [6.45, 7) is 3.96. The number of amides is 2. The fraction of sp³-hybridized carbons (Fsp3) is 0.0800. The van der Waals surface area contributed by atoms with Crippen molar-refractivity contribution < 1.29 is 4.79 Å². The number of aromatic nitrogens is 2. The highest BCUT2D eigenvalue weighted by Gasteiger charge is 2.06. The Morgan fingerprint density at radius 1 is 0.727 bits per heavy atom. The number of urea groups is 1. The number of carbonyl (C=O) groups is 1. The van der Waals surface area contributed by atoms with E-state index < -0.39 is 0 Å². The van der Waals surface area contributed by atoms with Crippen LogP contribution >= 0.6 is 11.6 Å². The second-order valence-electron chi connectivity index (χ2n) is 7.50. The zero-order valence-electron chi connectivity index (χ0n) is 18.2. The van der Waals surface area contributed by atoms with Gasteiger partial charge in [-0.05, 0) is 68.4 Å². The van der Waals surface area contributed by atoms with Crippen molar-refractivity contribution in [3.8, 4) is 0 Å². The molecule has 0 radical (unpaired) electrons. The molecule has 0 unspecified atom stereocenters. The van der Waals surface area contributed by atoms with Crippen molar-refractivity contribution in [1.29, 1.82) is 0 Å². The van der Waals surface area contributed by atoms with Crippen LogP contribution in [-0.2, 0) is 0 Å². The maximum atomic E-state index is 12.2. The quantitative estimate of drug-likeness (QED) is 0.253. The monoisotopic (exact) mass is 458 g/mol. The molecule has 4 N–H and O–H groups in total. The summed E-state index contributed by atoms with van der Waals surface area (Å²) in [5.41, 5.74) is 5.04. The molecule has 0 aliphatic rings. The van der Waals surface area contributed by atoms with Gasteiger partial charge in [-0.2, -0.15) is 4.98 Å². The van der Waals surface area contributed by atoms with Crippen molar-refractivity contribution in [3.63, 3.8) is 0 Å². The van der Waals surface area contributed by atoms with Crippen molar-refractivity contribution in [2.75, 3.05) is 21.3 Å². The van der Waals surface area contributed by atoms with Gasteiger partial charge >= 0.3 is 6.03 Å². The highest BCUT2D eigenvalue weighted by molar-refractivity contribution is 6.30. The van der Waals surface area contributed by atoms with E-state index in [-0.39, 0.29) is 6.03 Å². The molecule has 0 fully saturated rings. The third-order valence-electron chi connectivity index (χ3n) is 4.66. The number of halogens is 1.